The standard InChI is InChI=1S/C42H62N2O2S3.C31H38N2S.C20H28N4S.C19H27N3S2/c1-7-10-13-16-19-22-25-34-36-37(44(6)43-34)31(5)48-42(36)35-29-33-39(46-27-24-21-18-15-12-9-3)40-32(28-30(4)47-40)38(41(33)49-35)45-26-23-20-17-14-11-8-2;1-7-8-9-10-11-12-13-27-28-29(33(6)32-27)21(3)34-30(28)22-15-17-24-23-16-14-20(2)18-25(23)31(4,5)26(24)19-22;1-5-6-7-8-9-10-11-16-17-18(24(4)23-16)15(3)25-19(17)20-21-12-14(2)13-22-20;1-5-6-7-8-9-10-11-15-17-18(22(4)21-15)13(2)23-19(17)16-12-20-14(3)24-16/h28-29H,7-27H2,1-6H3;14-19H,7-13H2,1-6H3;12-13H,5-11H2,1-4H3;12H,5-11H2,1-4H3. The van der Waals surface area contributed by atoms with Gasteiger partial charge in [0.15, 0.2) is 5.82 Å². The van der Waals surface area contributed by atoms with Gasteiger partial charge in [-0.1, -0.05) is 284 Å². The van der Waals surface area contributed by atoms with Gasteiger partial charge in [0.1, 0.15) is 11.5 Å². The summed E-state index contributed by atoms with van der Waals surface area (Å²) in [4.78, 5) is 28.1. The minimum atomic E-state index is 0.0222. The number of hydrogen-bond acceptors (Lipinski definition) is 16. The molecule has 1 aliphatic carbocycles. The lowest BCUT2D eigenvalue weighted by atomic mass is 9.81. The minimum Gasteiger partial charge on any atom is -0.491 e. The molecule has 15 aromatic rings. The van der Waals surface area contributed by atoms with Crippen LogP contribution in [0.5, 0.6) is 11.5 Å². The molecule has 0 fully saturated rings. The van der Waals surface area contributed by atoms with E-state index in [4.69, 9.17) is 29.9 Å². The van der Waals surface area contributed by atoms with Gasteiger partial charge in [0.05, 0.1) is 92.0 Å². The molecule has 20 heteroatoms. The molecule has 3 aromatic carbocycles. The number of thiazole rings is 1. The molecule has 0 atom stereocenters. The number of fused-ring (bicyclic) bond motifs is 9. The topological polar surface area (TPSA) is 128 Å². The Hall–Kier alpha value is -7.43. The van der Waals surface area contributed by atoms with Crippen molar-refractivity contribution in [3.05, 3.63) is 142 Å². The summed E-state index contributed by atoms with van der Waals surface area (Å²) in [6.45, 7) is 37.4. The van der Waals surface area contributed by atoms with Crippen molar-refractivity contribution in [2.45, 2.75) is 373 Å². The molecule has 12 heterocycles. The zero-order valence-corrected chi connectivity index (χ0v) is 89.9. The summed E-state index contributed by atoms with van der Waals surface area (Å²) < 4.78 is 24.4. The van der Waals surface area contributed by atoms with Crippen LogP contribution >= 0.6 is 79.4 Å². The van der Waals surface area contributed by atoms with Gasteiger partial charge in [-0.15, -0.1) is 79.4 Å². The molecule has 0 saturated heterocycles. The Balaban J connectivity index is 0.000000156. The van der Waals surface area contributed by atoms with Gasteiger partial charge in [0.25, 0.3) is 0 Å². The zero-order chi connectivity index (χ0) is 93.5. The molecule has 0 spiro atoms. The Kier molecular flexibility index (Phi) is 38.3. The van der Waals surface area contributed by atoms with Crippen LogP contribution in [0.1, 0.15) is 361 Å². The van der Waals surface area contributed by atoms with Crippen molar-refractivity contribution in [3.8, 4) is 63.3 Å². The van der Waals surface area contributed by atoms with E-state index in [1.807, 2.05) is 93.9 Å². The van der Waals surface area contributed by atoms with Crippen molar-refractivity contribution in [3.63, 3.8) is 0 Å². The third-order valence-electron chi connectivity index (χ3n) is 26.9. The SMILES string of the molecule is CCCCCCCCOc1c2cc(-c3sc(C)c4c3c(CCCCCCCC)nn4C)sc2c(OCCCCCCCC)c2cc(C)sc12.CCCCCCCCc1nn(C)c2c(C)sc(-c3ccc4c(c3)C(C)(C)c3cc(C)ccc3-4)c12.CCCCCCCCc1nn(C)c2c(C)sc(-c3cnc(C)s3)c12.CCCCCCCCc1nn(C)c2c(C)sc(-c3ncc(C)cn3)c12. The summed E-state index contributed by atoms with van der Waals surface area (Å²) in [6, 6.07) is 18.9. The third-order valence-corrected chi connectivity index (χ3v) is 34.8. The quantitative estimate of drug-likeness (QED) is 0.0342. The molecule has 712 valence electrons. The third kappa shape index (κ3) is 24.6. The summed E-state index contributed by atoms with van der Waals surface area (Å²) in [6.07, 6.45) is 56.8. The molecule has 0 unspecified atom stereocenters. The highest BCUT2D eigenvalue weighted by molar-refractivity contribution is 7.27. The minimum absolute atomic E-state index is 0.0222. The maximum atomic E-state index is 6.80. The van der Waals surface area contributed by atoms with Crippen molar-refractivity contribution in [2.75, 3.05) is 13.2 Å². The Morgan fingerprint density at radius 1 is 0.318 bits per heavy atom. The maximum Gasteiger partial charge on any atom is 0.170 e. The Labute approximate surface area is 819 Å². The smallest absolute Gasteiger partial charge is 0.170 e. The van der Waals surface area contributed by atoms with Crippen LogP contribution in [0.4, 0.5) is 0 Å². The van der Waals surface area contributed by atoms with E-state index in [-0.39, 0.29) is 5.41 Å². The fourth-order valence-corrected chi connectivity index (χ4v) is 27.8. The van der Waals surface area contributed by atoms with Gasteiger partial charge in [-0.05, 0) is 171 Å². The van der Waals surface area contributed by atoms with E-state index in [1.54, 1.807) is 22.7 Å². The Morgan fingerprint density at radius 2 is 0.667 bits per heavy atom. The number of thiophene rings is 6. The molecule has 0 bridgehead atoms. The average molecular weight is 1910 g/mol. The van der Waals surface area contributed by atoms with Crippen LogP contribution in [0.25, 0.3) is 116 Å². The Bertz CT molecular complexity index is 6120. The van der Waals surface area contributed by atoms with Crippen LogP contribution < -0.4 is 9.47 Å². The van der Waals surface area contributed by atoms with Gasteiger partial charge in [0.2, 0.25) is 0 Å². The van der Waals surface area contributed by atoms with E-state index in [9.17, 15) is 0 Å². The monoisotopic (exact) mass is 1910 g/mol. The second-order valence-electron chi connectivity index (χ2n) is 38.3. The lowest BCUT2D eigenvalue weighted by Gasteiger charge is -2.22. The molecule has 0 N–H and O–H groups in total. The van der Waals surface area contributed by atoms with E-state index >= 15 is 0 Å². The molecule has 13 nitrogen and oxygen atoms in total. The van der Waals surface area contributed by atoms with Crippen LogP contribution in [0, 0.1) is 55.4 Å². The van der Waals surface area contributed by atoms with Crippen LogP contribution in [0.15, 0.2) is 67.1 Å². The van der Waals surface area contributed by atoms with Crippen molar-refractivity contribution >= 4 is 143 Å². The van der Waals surface area contributed by atoms with Crippen LogP contribution in [0.2, 0.25) is 0 Å². The van der Waals surface area contributed by atoms with Gasteiger partial charge >= 0.3 is 0 Å². The van der Waals surface area contributed by atoms with Crippen molar-refractivity contribution in [1.82, 2.24) is 54.1 Å². The van der Waals surface area contributed by atoms with E-state index in [2.05, 4.69) is 203 Å². The van der Waals surface area contributed by atoms with Gasteiger partial charge in [-0.2, -0.15) is 20.4 Å². The number of aryl methyl sites for hydroxylation is 16. The lowest BCUT2D eigenvalue weighted by Crippen LogP contribution is -2.15. The van der Waals surface area contributed by atoms with E-state index in [0.29, 0.717) is 0 Å². The lowest BCUT2D eigenvalue weighted by molar-refractivity contribution is 0.307. The zero-order valence-electron chi connectivity index (χ0n) is 84.1. The summed E-state index contributed by atoms with van der Waals surface area (Å²) in [7, 11) is 8.36. The van der Waals surface area contributed by atoms with Gasteiger partial charge in [0, 0.05) is 119 Å². The van der Waals surface area contributed by atoms with Gasteiger partial charge < -0.3 is 9.47 Å². The van der Waals surface area contributed by atoms with Crippen LogP contribution in [0.3, 0.4) is 0 Å². The number of aromatic nitrogens is 11. The fraction of sp³-hybridized carbons (Fsp3) is 0.562. The van der Waals surface area contributed by atoms with E-state index < -0.39 is 0 Å². The average Bonchev–Trinajstić information content (AvgIpc) is 1.59. The molecular weight excluding hydrogens is 1760 g/mol. The second kappa shape index (κ2) is 49.5. The number of unbranched alkanes of at least 4 members (excludes halogenated alkanes) is 30. The molecule has 0 radical (unpaired) electrons. The van der Waals surface area contributed by atoms with E-state index in [0.717, 1.165) is 79.6 Å². The van der Waals surface area contributed by atoms with Crippen LogP contribution in [-0.2, 0) is 59.3 Å². The maximum absolute atomic E-state index is 6.80. The van der Waals surface area contributed by atoms with Crippen LogP contribution in [-0.4, -0.2) is 67.3 Å². The summed E-state index contributed by atoms with van der Waals surface area (Å²) in [5.74, 6) is 2.95. The molecule has 12 aromatic heterocycles. The molecule has 0 amide bonds. The highest BCUT2D eigenvalue weighted by atomic mass is 32.1. The highest BCUT2D eigenvalue weighted by Gasteiger charge is 2.37. The number of hydrogen-bond donors (Lipinski definition) is 0. The highest BCUT2D eigenvalue weighted by Crippen LogP contribution is 2.56. The summed E-state index contributed by atoms with van der Waals surface area (Å²) in [5.41, 5.74) is 19.7. The number of benzene rings is 3. The second-order valence-corrected chi connectivity index (χ2v) is 46.7. The molecule has 0 aliphatic heterocycles. The first-order chi connectivity index (χ1) is 64.0. The predicted molar refractivity (Wildman–Crippen MR) is 580 cm³/mol. The van der Waals surface area contributed by atoms with Crippen molar-refractivity contribution in [1.29, 1.82) is 0 Å². The predicted octanol–water partition coefficient (Wildman–Crippen LogP) is 35.7. The number of rotatable bonds is 48. The molecule has 16 rings (SSSR count). The van der Waals surface area contributed by atoms with Gasteiger partial charge in [-0.25, -0.2) is 15.0 Å². The Morgan fingerprint density at radius 3 is 1.08 bits per heavy atom. The van der Waals surface area contributed by atoms with Crippen molar-refractivity contribution in [2.24, 2.45) is 28.2 Å². The number of nitrogens with zero attached hydrogens (tertiary/aromatic N) is 11. The molecule has 1 aliphatic rings. The molecule has 0 saturated carbocycles. The molecular formula is C112H155N11O2S7. The van der Waals surface area contributed by atoms with E-state index in [1.165, 1.54) is 392 Å². The summed E-state index contributed by atoms with van der Waals surface area (Å²) >= 11 is 13.1. The first kappa shape index (κ1) is 102. The van der Waals surface area contributed by atoms with Crippen molar-refractivity contribution < 1.29 is 9.47 Å². The normalized spacial score (nSPS) is 12.4. The summed E-state index contributed by atoms with van der Waals surface area (Å²) in [5, 5.41) is 28.7. The first-order valence-corrected chi connectivity index (χ1v) is 56.8. The van der Waals surface area contributed by atoms with Gasteiger partial charge in [-0.3, -0.25) is 18.7 Å². The largest absolute Gasteiger partial charge is 0.491 e. The first-order valence-electron chi connectivity index (χ1n) is 51.1. The molecule has 132 heavy (non-hydrogen) atoms. The fourth-order valence-electron chi connectivity index (χ4n) is 19.9. The number of ether oxygens (including phenoxy) is 2.